The highest BCUT2D eigenvalue weighted by Crippen LogP contribution is 2.37. The topological polar surface area (TPSA) is 68.3 Å². The molecule has 140 valence electrons. The van der Waals surface area contributed by atoms with E-state index in [1.54, 1.807) is 18.2 Å². The van der Waals surface area contributed by atoms with Crippen LogP contribution in [0.3, 0.4) is 0 Å². The number of methoxy groups -OCH3 is 1. The Morgan fingerprint density at radius 1 is 1.19 bits per heavy atom. The molecule has 1 atom stereocenters. The number of nitrogens with zero attached hydrogens (tertiary/aromatic N) is 2. The molecule has 3 heterocycles. The van der Waals surface area contributed by atoms with E-state index in [0.717, 1.165) is 0 Å². The van der Waals surface area contributed by atoms with Crippen molar-refractivity contribution in [2.24, 2.45) is 0 Å². The molecule has 4 rings (SSSR count). The molecule has 1 unspecified atom stereocenters. The van der Waals surface area contributed by atoms with Gasteiger partial charge in [-0.1, -0.05) is 11.6 Å². The highest BCUT2D eigenvalue weighted by Gasteiger charge is 2.47. The number of rotatable bonds is 3. The van der Waals surface area contributed by atoms with E-state index in [1.807, 2.05) is 4.90 Å². The maximum Gasteiger partial charge on any atom is 0.251 e. The fourth-order valence-corrected chi connectivity index (χ4v) is 4.12. The summed E-state index contributed by atoms with van der Waals surface area (Å²) in [6.07, 6.45) is 1.56. The van der Waals surface area contributed by atoms with E-state index in [-0.39, 0.29) is 18.2 Å². The van der Waals surface area contributed by atoms with Crippen LogP contribution >= 0.6 is 11.6 Å². The average molecular weight is 381 g/mol. The highest BCUT2D eigenvalue weighted by atomic mass is 35.5. The van der Waals surface area contributed by atoms with Crippen molar-refractivity contribution in [3.8, 4) is 5.75 Å². The molecule has 3 fully saturated rings. The number of hydrogen-bond acceptors (Lipinski definition) is 6. The molecular weight excluding hydrogens is 360 g/mol. The number of carbonyl (C=O) groups excluding carboxylic acids is 2. The summed E-state index contributed by atoms with van der Waals surface area (Å²) in [5.74, 6) is -0.533. The second-order valence-corrected chi connectivity index (χ2v) is 7.18. The van der Waals surface area contributed by atoms with Gasteiger partial charge in [0.1, 0.15) is 5.75 Å². The molecule has 1 spiro atoms. The Morgan fingerprint density at radius 2 is 1.88 bits per heavy atom. The zero-order valence-corrected chi connectivity index (χ0v) is 15.3. The van der Waals surface area contributed by atoms with Gasteiger partial charge in [0.25, 0.3) is 5.91 Å². The minimum Gasteiger partial charge on any atom is -0.495 e. The number of ether oxygens (including phenoxy) is 3. The summed E-state index contributed by atoms with van der Waals surface area (Å²) in [6, 6.07) is 4.44. The third-order valence-corrected chi connectivity index (χ3v) is 5.55. The second-order valence-electron chi connectivity index (χ2n) is 6.75. The lowest BCUT2D eigenvalue weighted by atomic mass is 10.0. The summed E-state index contributed by atoms with van der Waals surface area (Å²) in [7, 11) is 1.50. The molecule has 3 aliphatic rings. The van der Waals surface area contributed by atoms with Gasteiger partial charge in [0, 0.05) is 31.0 Å². The number of halogens is 1. The number of piperidine rings is 1. The van der Waals surface area contributed by atoms with Gasteiger partial charge in [-0.15, -0.1) is 0 Å². The van der Waals surface area contributed by atoms with Crippen LogP contribution in [0.2, 0.25) is 5.02 Å². The second kappa shape index (κ2) is 6.81. The Hall–Kier alpha value is -1.67. The van der Waals surface area contributed by atoms with Crippen LogP contribution in [0.25, 0.3) is 0 Å². The van der Waals surface area contributed by atoms with Crippen LogP contribution in [0.15, 0.2) is 18.2 Å². The number of benzene rings is 1. The van der Waals surface area contributed by atoms with Gasteiger partial charge in [-0.25, -0.2) is 4.90 Å². The van der Waals surface area contributed by atoms with Crippen molar-refractivity contribution < 1.29 is 23.8 Å². The van der Waals surface area contributed by atoms with Crippen LogP contribution < -0.4 is 9.64 Å². The fraction of sp³-hybridized carbons (Fsp3) is 0.556. The van der Waals surface area contributed by atoms with E-state index in [0.29, 0.717) is 55.6 Å². The SMILES string of the molecule is COc1ccc(Cl)cc1N1C(=O)CC(N2CCC3(CC2)OCCO3)C1=O. The Kier molecular flexibility index (Phi) is 4.64. The molecule has 0 radical (unpaired) electrons. The van der Waals surface area contributed by atoms with Crippen LogP contribution in [-0.4, -0.2) is 62.0 Å². The highest BCUT2D eigenvalue weighted by molar-refractivity contribution is 6.31. The van der Waals surface area contributed by atoms with E-state index < -0.39 is 11.8 Å². The molecule has 3 saturated heterocycles. The molecule has 7 nitrogen and oxygen atoms in total. The zero-order chi connectivity index (χ0) is 18.3. The summed E-state index contributed by atoms with van der Waals surface area (Å²) in [5, 5.41) is 0.445. The van der Waals surface area contributed by atoms with Gasteiger partial charge < -0.3 is 14.2 Å². The molecule has 0 saturated carbocycles. The Balaban J connectivity index is 1.52. The average Bonchev–Trinajstić information content (AvgIpc) is 3.20. The Bertz CT molecular complexity index is 724. The van der Waals surface area contributed by atoms with E-state index in [2.05, 4.69) is 0 Å². The van der Waals surface area contributed by atoms with Crippen LogP contribution in [0, 0.1) is 0 Å². The smallest absolute Gasteiger partial charge is 0.251 e. The quantitative estimate of drug-likeness (QED) is 0.745. The van der Waals surface area contributed by atoms with E-state index in [4.69, 9.17) is 25.8 Å². The largest absolute Gasteiger partial charge is 0.495 e. The predicted octanol–water partition coefficient (Wildman–Crippen LogP) is 1.82. The summed E-state index contributed by atoms with van der Waals surface area (Å²) in [6.45, 7) is 2.54. The molecule has 0 bridgehead atoms. The standard InChI is InChI=1S/C18H21ClN2O5/c1-24-15-3-2-12(19)10-13(15)21-16(22)11-14(17(21)23)20-6-4-18(5-7-20)25-8-9-26-18/h2-3,10,14H,4-9,11H2,1H3. The Morgan fingerprint density at radius 3 is 2.54 bits per heavy atom. The third kappa shape index (κ3) is 2.99. The first-order chi connectivity index (χ1) is 12.5. The van der Waals surface area contributed by atoms with Gasteiger partial charge in [0.15, 0.2) is 5.79 Å². The number of amides is 2. The molecule has 3 aliphatic heterocycles. The maximum absolute atomic E-state index is 13.0. The van der Waals surface area contributed by atoms with E-state index in [9.17, 15) is 9.59 Å². The lowest BCUT2D eigenvalue weighted by molar-refractivity contribution is -0.188. The van der Waals surface area contributed by atoms with Gasteiger partial charge in [-0.2, -0.15) is 0 Å². The van der Waals surface area contributed by atoms with Crippen molar-refractivity contribution in [2.45, 2.75) is 31.1 Å². The summed E-state index contributed by atoms with van der Waals surface area (Å²) < 4.78 is 16.8. The van der Waals surface area contributed by atoms with Crippen molar-refractivity contribution >= 4 is 29.1 Å². The number of likely N-dealkylation sites (tertiary alicyclic amines) is 1. The van der Waals surface area contributed by atoms with Gasteiger partial charge in [-0.3, -0.25) is 14.5 Å². The summed E-state index contributed by atoms with van der Waals surface area (Å²) in [5.41, 5.74) is 0.397. The van der Waals surface area contributed by atoms with Gasteiger partial charge >= 0.3 is 0 Å². The minimum absolute atomic E-state index is 0.156. The van der Waals surface area contributed by atoms with Crippen molar-refractivity contribution in [3.63, 3.8) is 0 Å². The molecule has 26 heavy (non-hydrogen) atoms. The molecular formula is C18H21ClN2O5. The third-order valence-electron chi connectivity index (χ3n) is 5.32. The molecule has 2 amide bonds. The molecule has 1 aromatic carbocycles. The van der Waals surface area contributed by atoms with Crippen LogP contribution in [-0.2, 0) is 19.1 Å². The normalized spacial score (nSPS) is 26.1. The van der Waals surface area contributed by atoms with Crippen molar-refractivity contribution in [3.05, 3.63) is 23.2 Å². The Labute approximate surface area is 156 Å². The van der Waals surface area contributed by atoms with Crippen LogP contribution in [0.4, 0.5) is 5.69 Å². The summed E-state index contributed by atoms with van der Waals surface area (Å²) in [4.78, 5) is 28.9. The number of hydrogen-bond donors (Lipinski definition) is 0. The molecule has 1 aromatic rings. The lowest BCUT2D eigenvalue weighted by Crippen LogP contribution is -2.51. The van der Waals surface area contributed by atoms with Crippen molar-refractivity contribution in [1.82, 2.24) is 4.90 Å². The van der Waals surface area contributed by atoms with Crippen LogP contribution in [0.1, 0.15) is 19.3 Å². The van der Waals surface area contributed by atoms with Crippen molar-refractivity contribution in [2.75, 3.05) is 38.3 Å². The molecule has 0 N–H and O–H groups in total. The van der Waals surface area contributed by atoms with Crippen molar-refractivity contribution in [1.29, 1.82) is 0 Å². The van der Waals surface area contributed by atoms with Gasteiger partial charge in [0.05, 0.1) is 38.5 Å². The van der Waals surface area contributed by atoms with Gasteiger partial charge in [-0.05, 0) is 18.2 Å². The number of anilines is 1. The van der Waals surface area contributed by atoms with Gasteiger partial charge in [0.2, 0.25) is 5.91 Å². The lowest BCUT2D eigenvalue weighted by Gasteiger charge is -2.39. The van der Waals surface area contributed by atoms with E-state index >= 15 is 0 Å². The zero-order valence-electron chi connectivity index (χ0n) is 14.6. The maximum atomic E-state index is 13.0. The number of carbonyl (C=O) groups is 2. The number of imide groups is 1. The predicted molar refractivity (Wildman–Crippen MR) is 94.3 cm³/mol. The molecule has 0 aliphatic carbocycles. The van der Waals surface area contributed by atoms with E-state index in [1.165, 1.54) is 12.0 Å². The summed E-state index contributed by atoms with van der Waals surface area (Å²) >= 11 is 6.06. The first-order valence-electron chi connectivity index (χ1n) is 8.75. The fourth-order valence-electron chi connectivity index (χ4n) is 3.95. The molecule has 8 heteroatoms. The first kappa shape index (κ1) is 17.7. The van der Waals surface area contributed by atoms with Crippen LogP contribution in [0.5, 0.6) is 5.75 Å². The minimum atomic E-state index is -0.502. The first-order valence-corrected chi connectivity index (χ1v) is 9.13. The molecule has 0 aromatic heterocycles. The monoisotopic (exact) mass is 380 g/mol.